The lowest BCUT2D eigenvalue weighted by molar-refractivity contribution is -0.117. The zero-order valence-corrected chi connectivity index (χ0v) is 15.8. The van der Waals surface area contributed by atoms with E-state index < -0.39 is 34.2 Å². The van der Waals surface area contributed by atoms with Gasteiger partial charge in [0, 0.05) is 0 Å². The Hall–Kier alpha value is -3.41. The summed E-state index contributed by atoms with van der Waals surface area (Å²) < 4.78 is 36.1. The third-order valence-electron chi connectivity index (χ3n) is 3.37. The quantitative estimate of drug-likeness (QED) is 0.523. The number of rotatable bonds is 9. The predicted octanol–water partition coefficient (Wildman–Crippen LogP) is 0.250. The number of aromatic nitrogens is 2. The number of amides is 1. The number of methoxy groups -OCH3 is 2. The maximum absolute atomic E-state index is 12.2. The molecule has 0 bridgehead atoms. The summed E-state index contributed by atoms with van der Waals surface area (Å²) in [7, 11) is -1.34. The Morgan fingerprint density at radius 2 is 1.71 bits per heavy atom. The highest BCUT2D eigenvalue weighted by Gasteiger charge is 2.19. The molecule has 1 heterocycles. The molecule has 150 valence electrons. The van der Waals surface area contributed by atoms with Crippen LogP contribution >= 0.6 is 0 Å². The Morgan fingerprint density at radius 1 is 1.11 bits per heavy atom. The number of aromatic carboxylic acids is 1. The van der Waals surface area contributed by atoms with Crippen molar-refractivity contribution in [2.75, 3.05) is 26.1 Å². The topological polar surface area (TPSA) is 157 Å². The van der Waals surface area contributed by atoms with Crippen molar-refractivity contribution in [3.8, 4) is 11.8 Å². The van der Waals surface area contributed by atoms with Crippen molar-refractivity contribution in [1.29, 1.82) is 0 Å². The van der Waals surface area contributed by atoms with Gasteiger partial charge in [-0.2, -0.15) is 9.97 Å². The van der Waals surface area contributed by atoms with Crippen LogP contribution in [-0.4, -0.2) is 56.1 Å². The summed E-state index contributed by atoms with van der Waals surface area (Å²) in [4.78, 5) is 31.0. The summed E-state index contributed by atoms with van der Waals surface area (Å²) in [5.74, 6) is -2.42. The monoisotopic (exact) mass is 410 g/mol. The average Bonchev–Trinajstić information content (AvgIpc) is 2.65. The molecular weight excluding hydrogens is 392 g/mol. The highest BCUT2D eigenvalue weighted by atomic mass is 32.2. The number of anilines is 1. The summed E-state index contributed by atoms with van der Waals surface area (Å²) in [5, 5.41) is 11.7. The number of hydrogen-bond donors (Lipinski definition) is 3. The van der Waals surface area contributed by atoms with Gasteiger partial charge >= 0.3 is 5.97 Å². The molecule has 1 aromatic heterocycles. The second-order valence-electron chi connectivity index (χ2n) is 5.38. The molecule has 11 nitrogen and oxygen atoms in total. The van der Waals surface area contributed by atoms with Gasteiger partial charge in [0.05, 0.1) is 38.1 Å². The van der Waals surface area contributed by atoms with Crippen molar-refractivity contribution in [3.63, 3.8) is 0 Å². The molecule has 0 aliphatic heterocycles. The Kier molecular flexibility index (Phi) is 6.71. The van der Waals surface area contributed by atoms with Gasteiger partial charge in [-0.25, -0.2) is 13.2 Å². The Bertz CT molecular complexity index is 956. The minimum atomic E-state index is -4.11. The number of nitrogens with zero attached hydrogens (tertiary/aromatic N) is 2. The van der Waals surface area contributed by atoms with Gasteiger partial charge in [0.15, 0.2) is 0 Å². The van der Waals surface area contributed by atoms with E-state index >= 15 is 0 Å². The lowest BCUT2D eigenvalue weighted by Crippen LogP contribution is -2.36. The Morgan fingerprint density at radius 3 is 2.29 bits per heavy atom. The molecule has 2 rings (SSSR count). The van der Waals surface area contributed by atoms with Crippen molar-refractivity contribution in [3.05, 3.63) is 41.5 Å². The van der Waals surface area contributed by atoms with Crippen molar-refractivity contribution < 1.29 is 32.6 Å². The number of carboxylic acids is 1. The van der Waals surface area contributed by atoms with E-state index in [1.54, 1.807) is 0 Å². The molecule has 0 aliphatic rings. The molecule has 0 fully saturated rings. The van der Waals surface area contributed by atoms with Gasteiger partial charge in [-0.3, -0.25) is 9.52 Å². The predicted molar refractivity (Wildman–Crippen MR) is 97.8 cm³/mol. The van der Waals surface area contributed by atoms with Crippen LogP contribution in [0.15, 0.2) is 30.3 Å². The minimum Gasteiger partial charge on any atom is -0.481 e. The van der Waals surface area contributed by atoms with Gasteiger partial charge in [-0.15, -0.1) is 0 Å². The summed E-state index contributed by atoms with van der Waals surface area (Å²) in [6.45, 7) is -0.448. The highest BCUT2D eigenvalue weighted by molar-refractivity contribution is 7.89. The first-order chi connectivity index (χ1) is 13.2. The molecule has 0 aliphatic carbocycles. The number of ether oxygens (including phenoxy) is 2. The molecular formula is C16H18N4O7S. The summed E-state index contributed by atoms with van der Waals surface area (Å²) in [6, 6.07) is 7.06. The second-order valence-corrected chi connectivity index (χ2v) is 7.10. The van der Waals surface area contributed by atoms with Crippen LogP contribution < -0.4 is 19.5 Å². The molecule has 2 aromatic rings. The number of benzene rings is 1. The molecule has 0 saturated carbocycles. The molecule has 1 aromatic carbocycles. The van der Waals surface area contributed by atoms with Crippen LogP contribution in [0.1, 0.15) is 15.9 Å². The van der Waals surface area contributed by atoms with Crippen LogP contribution in [0.4, 0.5) is 5.95 Å². The van der Waals surface area contributed by atoms with Gasteiger partial charge in [-0.1, -0.05) is 18.2 Å². The average molecular weight is 410 g/mol. The molecule has 28 heavy (non-hydrogen) atoms. The van der Waals surface area contributed by atoms with E-state index in [1.807, 2.05) is 4.72 Å². The summed E-state index contributed by atoms with van der Waals surface area (Å²) in [5.41, 5.74) is -0.0977. The molecule has 12 heteroatoms. The largest absolute Gasteiger partial charge is 0.481 e. The van der Waals surface area contributed by atoms with E-state index in [0.717, 1.165) is 0 Å². The normalized spacial score (nSPS) is 10.8. The number of carbonyl (C=O) groups excluding carboxylic acids is 1. The highest BCUT2D eigenvalue weighted by Crippen LogP contribution is 2.17. The smallest absolute Gasteiger partial charge is 0.335 e. The van der Waals surface area contributed by atoms with Gasteiger partial charge in [-0.05, 0) is 11.6 Å². The maximum atomic E-state index is 12.2. The first kappa shape index (κ1) is 20.9. The summed E-state index contributed by atoms with van der Waals surface area (Å²) >= 11 is 0. The fourth-order valence-electron chi connectivity index (χ4n) is 2.16. The molecule has 1 amide bonds. The molecule has 0 radical (unpaired) electrons. The standard InChI is InChI=1S/C16H18N4O7S/c1-26-13-7-14(27-2)19-16(18-13)17-8-12(21)20-28(24,25)9-10-5-3-4-6-11(10)15(22)23/h3-7H,8-9H2,1-2H3,(H,20,21)(H,22,23)(H,17,18,19). The number of nitrogens with one attached hydrogen (secondary N) is 2. The van der Waals surface area contributed by atoms with Crippen molar-refractivity contribution >= 4 is 27.8 Å². The summed E-state index contributed by atoms with van der Waals surface area (Å²) in [6.07, 6.45) is 0. The molecule has 3 N–H and O–H groups in total. The molecule has 0 spiro atoms. The van der Waals surface area contributed by atoms with Crippen molar-refractivity contribution in [2.45, 2.75) is 5.75 Å². The van der Waals surface area contributed by atoms with E-state index in [0.29, 0.717) is 0 Å². The number of carboxylic acid groups (broad SMARTS) is 1. The Balaban J connectivity index is 2.02. The zero-order chi connectivity index (χ0) is 20.7. The van der Waals surface area contributed by atoms with Crippen LogP contribution in [0.25, 0.3) is 0 Å². The molecule has 0 atom stereocenters. The molecule has 0 unspecified atom stereocenters. The van der Waals surface area contributed by atoms with Gasteiger partial charge in [0.2, 0.25) is 27.7 Å². The molecule has 0 saturated heterocycles. The third kappa shape index (κ3) is 5.81. The van der Waals surface area contributed by atoms with Crippen molar-refractivity contribution in [2.24, 2.45) is 0 Å². The fourth-order valence-corrected chi connectivity index (χ4v) is 3.31. The first-order valence-corrected chi connectivity index (χ1v) is 9.44. The van der Waals surface area contributed by atoms with E-state index in [4.69, 9.17) is 14.6 Å². The zero-order valence-electron chi connectivity index (χ0n) is 15.0. The van der Waals surface area contributed by atoms with E-state index in [1.165, 1.54) is 44.6 Å². The number of carbonyl (C=O) groups is 2. The first-order valence-electron chi connectivity index (χ1n) is 7.79. The second kappa shape index (κ2) is 8.99. The maximum Gasteiger partial charge on any atom is 0.335 e. The van der Waals surface area contributed by atoms with E-state index in [2.05, 4.69) is 15.3 Å². The minimum absolute atomic E-state index is 0.0000271. The van der Waals surface area contributed by atoms with Gasteiger partial charge in [0.25, 0.3) is 5.91 Å². The van der Waals surface area contributed by atoms with Gasteiger partial charge < -0.3 is 19.9 Å². The SMILES string of the molecule is COc1cc(OC)nc(NCC(=O)NS(=O)(=O)Cc2ccccc2C(=O)O)n1. The van der Waals surface area contributed by atoms with Crippen molar-refractivity contribution in [1.82, 2.24) is 14.7 Å². The Labute approximate surface area is 160 Å². The fraction of sp³-hybridized carbons (Fsp3) is 0.250. The lowest BCUT2D eigenvalue weighted by atomic mass is 10.1. The van der Waals surface area contributed by atoms with E-state index in [9.17, 15) is 18.0 Å². The van der Waals surface area contributed by atoms with Crippen LogP contribution in [0.5, 0.6) is 11.8 Å². The van der Waals surface area contributed by atoms with Gasteiger partial charge in [0.1, 0.15) is 0 Å². The number of sulfonamides is 1. The van der Waals surface area contributed by atoms with Crippen LogP contribution in [0.3, 0.4) is 0 Å². The lowest BCUT2D eigenvalue weighted by Gasteiger charge is -2.10. The van der Waals surface area contributed by atoms with Crippen LogP contribution in [-0.2, 0) is 20.6 Å². The van der Waals surface area contributed by atoms with Crippen LogP contribution in [0.2, 0.25) is 0 Å². The van der Waals surface area contributed by atoms with Crippen LogP contribution in [0, 0.1) is 0 Å². The number of hydrogen-bond acceptors (Lipinski definition) is 9. The van der Waals surface area contributed by atoms with E-state index in [-0.39, 0.29) is 28.8 Å². The third-order valence-corrected chi connectivity index (χ3v) is 4.60.